The lowest BCUT2D eigenvalue weighted by Gasteiger charge is -2.03. The topological polar surface area (TPSA) is 63.8 Å². The average molecular weight is 372 g/mol. The third-order valence-corrected chi connectivity index (χ3v) is 3.37. The fraction of sp³-hybridized carbons (Fsp3) is 0. The fourth-order valence-corrected chi connectivity index (χ4v) is 2.14. The monoisotopic (exact) mass is 370 g/mol. The van der Waals surface area contributed by atoms with Crippen molar-refractivity contribution in [2.24, 2.45) is 0 Å². The number of hydrogen-bond donors (Lipinski definition) is 0. The molecule has 0 amide bonds. The molecule has 2 heterocycles. The molecule has 0 spiro atoms. The third kappa shape index (κ3) is 2.51. The Morgan fingerprint density at radius 2 is 1.72 bits per heavy atom. The van der Waals surface area contributed by atoms with Gasteiger partial charge in [0.15, 0.2) is 29.1 Å². The lowest BCUT2D eigenvalue weighted by Crippen LogP contribution is -2.34. The number of nitrogens with zero attached hydrogens (tertiary/aromatic N) is 3. The fourth-order valence-electron chi connectivity index (χ4n) is 1.34. The molecular formula is C11H6Br2N3O2+. The molecule has 0 atom stereocenters. The normalized spacial score (nSPS) is 10.1. The van der Waals surface area contributed by atoms with E-state index in [0.717, 1.165) is 0 Å². The van der Waals surface area contributed by atoms with Gasteiger partial charge in [0.25, 0.3) is 0 Å². The lowest BCUT2D eigenvalue weighted by molar-refractivity contribution is -0.612. The zero-order valence-electron chi connectivity index (χ0n) is 8.88. The van der Waals surface area contributed by atoms with Crippen LogP contribution in [0.25, 0.3) is 5.69 Å². The minimum Gasteiger partial charge on any atom is -0.298 e. The van der Waals surface area contributed by atoms with E-state index in [1.165, 1.54) is 12.4 Å². The van der Waals surface area contributed by atoms with E-state index < -0.39 is 0 Å². The Morgan fingerprint density at radius 3 is 2.39 bits per heavy atom. The summed E-state index contributed by atoms with van der Waals surface area (Å²) in [5.41, 5.74) is 1.47. The quantitative estimate of drug-likeness (QED) is 0.358. The van der Waals surface area contributed by atoms with Crippen molar-refractivity contribution in [3.8, 4) is 5.69 Å². The van der Waals surface area contributed by atoms with Gasteiger partial charge in [0.05, 0.1) is 21.5 Å². The van der Waals surface area contributed by atoms with Crippen molar-refractivity contribution >= 4 is 44.4 Å². The van der Waals surface area contributed by atoms with Crippen molar-refractivity contribution in [2.45, 2.75) is 0 Å². The second-order valence-corrected chi connectivity index (χ2v) is 4.80. The van der Waals surface area contributed by atoms with Gasteiger partial charge in [-0.25, -0.2) is 4.98 Å². The molecule has 0 aliphatic heterocycles. The molecule has 0 aromatic carbocycles. The molecule has 7 heteroatoms. The number of aldehydes is 2. The van der Waals surface area contributed by atoms with Crippen LogP contribution >= 0.6 is 31.9 Å². The van der Waals surface area contributed by atoms with Crippen LogP contribution in [0.3, 0.4) is 0 Å². The molecule has 0 saturated carbocycles. The van der Waals surface area contributed by atoms with Crippen LogP contribution in [-0.4, -0.2) is 22.5 Å². The summed E-state index contributed by atoms with van der Waals surface area (Å²) in [4.78, 5) is 29.6. The van der Waals surface area contributed by atoms with E-state index in [0.29, 0.717) is 38.7 Å². The predicted molar refractivity (Wildman–Crippen MR) is 69.7 cm³/mol. The first-order chi connectivity index (χ1) is 8.65. The molecule has 18 heavy (non-hydrogen) atoms. The van der Waals surface area contributed by atoms with Crippen molar-refractivity contribution < 1.29 is 14.2 Å². The van der Waals surface area contributed by atoms with E-state index in [1.807, 2.05) is 0 Å². The maximum absolute atomic E-state index is 10.8. The van der Waals surface area contributed by atoms with E-state index in [2.05, 4.69) is 41.8 Å². The van der Waals surface area contributed by atoms with Crippen molar-refractivity contribution in [1.82, 2.24) is 9.97 Å². The number of carbonyl (C=O) groups is 2. The molecule has 0 fully saturated rings. The van der Waals surface area contributed by atoms with Gasteiger partial charge in [0.2, 0.25) is 0 Å². The maximum Gasteiger partial charge on any atom is 0.371 e. The molecule has 2 rings (SSSR count). The van der Waals surface area contributed by atoms with Gasteiger partial charge >= 0.3 is 4.73 Å². The first-order valence-electron chi connectivity index (χ1n) is 4.79. The number of pyridine rings is 1. The molecule has 0 N–H and O–H groups in total. The van der Waals surface area contributed by atoms with E-state index in [9.17, 15) is 9.59 Å². The zero-order valence-corrected chi connectivity index (χ0v) is 12.1. The highest BCUT2D eigenvalue weighted by molar-refractivity contribution is 9.10. The van der Waals surface area contributed by atoms with Gasteiger partial charge in [-0.15, -0.1) is 0 Å². The van der Waals surface area contributed by atoms with Crippen molar-refractivity contribution in [1.29, 1.82) is 0 Å². The second kappa shape index (κ2) is 5.45. The molecule has 0 aliphatic carbocycles. The Morgan fingerprint density at radius 1 is 1.06 bits per heavy atom. The smallest absolute Gasteiger partial charge is 0.298 e. The van der Waals surface area contributed by atoms with Gasteiger partial charge in [-0.1, -0.05) is 0 Å². The van der Waals surface area contributed by atoms with Crippen molar-refractivity contribution in [2.75, 3.05) is 0 Å². The minimum atomic E-state index is 0.418. The van der Waals surface area contributed by atoms with E-state index in [4.69, 9.17) is 0 Å². The molecule has 0 radical (unpaired) electrons. The Bertz CT molecular complexity index is 576. The SMILES string of the molecule is O=Cc1cnc(Br)c(-[n+]2cc(C=O)cnc2Br)c1. The van der Waals surface area contributed by atoms with Crippen molar-refractivity contribution in [3.05, 3.63) is 45.1 Å². The van der Waals surface area contributed by atoms with E-state index >= 15 is 0 Å². The Balaban J connectivity index is 2.67. The maximum atomic E-state index is 10.8. The summed E-state index contributed by atoms with van der Waals surface area (Å²) < 4.78 is 2.66. The zero-order chi connectivity index (χ0) is 13.1. The molecule has 90 valence electrons. The van der Waals surface area contributed by atoms with Gasteiger partial charge in [0.1, 0.15) is 6.20 Å². The van der Waals surface area contributed by atoms with Crippen LogP contribution in [0.15, 0.2) is 34.0 Å². The van der Waals surface area contributed by atoms with Crippen molar-refractivity contribution in [3.63, 3.8) is 0 Å². The highest BCUT2D eigenvalue weighted by Gasteiger charge is 2.17. The third-order valence-electron chi connectivity index (χ3n) is 2.17. The number of hydrogen-bond acceptors (Lipinski definition) is 4. The Hall–Kier alpha value is -1.47. The van der Waals surface area contributed by atoms with Crippen LogP contribution < -0.4 is 4.57 Å². The van der Waals surface area contributed by atoms with Crippen LogP contribution in [0.4, 0.5) is 0 Å². The van der Waals surface area contributed by atoms with Gasteiger partial charge in [-0.3, -0.25) is 9.59 Å². The molecule has 0 aliphatic rings. The first-order valence-corrected chi connectivity index (χ1v) is 6.38. The molecule has 0 saturated heterocycles. The standard InChI is InChI=1S/C11H6Br2N3O2/c12-10-9(1-7(5-17)2-14-10)16-4-8(6-18)3-15-11(16)13/h1-6H/q+1. The van der Waals surface area contributed by atoms with Gasteiger partial charge in [-0.05, 0) is 20.9 Å². The summed E-state index contributed by atoms with van der Waals surface area (Å²) in [7, 11) is 0. The molecule has 2 aromatic rings. The van der Waals surface area contributed by atoms with Crippen LogP contribution in [-0.2, 0) is 0 Å². The second-order valence-electron chi connectivity index (χ2n) is 3.34. The van der Waals surface area contributed by atoms with Crippen LogP contribution in [0, 0.1) is 0 Å². The summed E-state index contributed by atoms with van der Waals surface area (Å²) in [5.74, 6) is 0. The minimum absolute atomic E-state index is 0.418. The van der Waals surface area contributed by atoms with E-state index in [1.54, 1.807) is 16.8 Å². The average Bonchev–Trinajstić information content (AvgIpc) is 2.40. The van der Waals surface area contributed by atoms with E-state index in [-0.39, 0.29) is 0 Å². The van der Waals surface area contributed by atoms with Crippen LogP contribution in [0.2, 0.25) is 0 Å². The number of halogens is 2. The summed E-state index contributed by atoms with van der Waals surface area (Å²) in [6.45, 7) is 0. The number of aromatic nitrogens is 3. The largest absolute Gasteiger partial charge is 0.371 e. The molecular weight excluding hydrogens is 366 g/mol. The summed E-state index contributed by atoms with van der Waals surface area (Å²) in [6, 6.07) is 1.64. The van der Waals surface area contributed by atoms with Crippen LogP contribution in [0.1, 0.15) is 20.7 Å². The summed E-state index contributed by atoms with van der Waals surface area (Å²) in [6.07, 6.45) is 5.89. The highest BCUT2D eigenvalue weighted by atomic mass is 79.9. The van der Waals surface area contributed by atoms with Gasteiger partial charge in [-0.2, -0.15) is 4.57 Å². The molecule has 0 unspecified atom stereocenters. The first kappa shape index (κ1) is 13.0. The van der Waals surface area contributed by atoms with Gasteiger partial charge < -0.3 is 0 Å². The Labute approximate surface area is 119 Å². The summed E-state index contributed by atoms with van der Waals surface area (Å²) in [5, 5.41) is 0. The van der Waals surface area contributed by atoms with Crippen LogP contribution in [0.5, 0.6) is 0 Å². The molecule has 2 aromatic heterocycles. The highest BCUT2D eigenvalue weighted by Crippen LogP contribution is 2.16. The molecule has 0 bridgehead atoms. The lowest BCUT2D eigenvalue weighted by atomic mass is 10.3. The van der Waals surface area contributed by atoms with Gasteiger partial charge in [0, 0.05) is 17.8 Å². The summed E-state index contributed by atoms with van der Waals surface area (Å²) >= 11 is 6.57. The Kier molecular flexibility index (Phi) is 3.93. The number of carbonyl (C=O) groups excluding carboxylic acids is 2. The number of rotatable bonds is 3. The molecule has 5 nitrogen and oxygen atoms in total. The predicted octanol–water partition coefficient (Wildman–Crippen LogP) is 1.90.